The van der Waals surface area contributed by atoms with Gasteiger partial charge in [-0.2, -0.15) is 0 Å². The molecule has 2 nitrogen and oxygen atoms in total. The van der Waals surface area contributed by atoms with Crippen molar-refractivity contribution in [2.45, 2.75) is 0 Å². The van der Waals surface area contributed by atoms with Gasteiger partial charge in [0.25, 0.3) is 0 Å². The fourth-order valence-electron chi connectivity index (χ4n) is 1.94. The molecule has 0 bridgehead atoms. The predicted molar refractivity (Wildman–Crippen MR) is 82.9 cm³/mol. The van der Waals surface area contributed by atoms with Crippen LogP contribution in [0.5, 0.6) is 0 Å². The van der Waals surface area contributed by atoms with E-state index in [9.17, 15) is 4.39 Å². The molecule has 21 heavy (non-hydrogen) atoms. The summed E-state index contributed by atoms with van der Waals surface area (Å²) in [4.78, 5) is 8.69. The molecule has 5 heteroatoms. The molecule has 1 aromatic heterocycles. The molecule has 0 aliphatic rings. The Morgan fingerprint density at radius 3 is 2.29 bits per heavy atom. The molecular formula is C16H9Cl2FN2. The lowest BCUT2D eigenvalue weighted by molar-refractivity contribution is 0.628. The van der Waals surface area contributed by atoms with Gasteiger partial charge in [0.05, 0.1) is 10.7 Å². The van der Waals surface area contributed by atoms with E-state index in [1.165, 1.54) is 12.1 Å². The van der Waals surface area contributed by atoms with Gasteiger partial charge < -0.3 is 0 Å². The van der Waals surface area contributed by atoms with Gasteiger partial charge in [-0.1, -0.05) is 53.5 Å². The Bertz CT molecular complexity index is 792. The zero-order valence-corrected chi connectivity index (χ0v) is 12.2. The van der Waals surface area contributed by atoms with Crippen molar-refractivity contribution in [2.24, 2.45) is 0 Å². The molecule has 0 aliphatic heterocycles. The average Bonchev–Trinajstić information content (AvgIpc) is 2.50. The minimum absolute atomic E-state index is 0.0449. The topological polar surface area (TPSA) is 25.8 Å². The van der Waals surface area contributed by atoms with E-state index in [0.717, 1.165) is 5.56 Å². The van der Waals surface area contributed by atoms with Crippen molar-refractivity contribution in [3.05, 3.63) is 70.6 Å². The van der Waals surface area contributed by atoms with E-state index in [0.29, 0.717) is 22.2 Å². The minimum atomic E-state index is -0.469. The van der Waals surface area contributed by atoms with Gasteiger partial charge in [0.1, 0.15) is 11.0 Å². The molecule has 0 unspecified atom stereocenters. The molecule has 1 heterocycles. The highest BCUT2D eigenvalue weighted by molar-refractivity contribution is 6.31. The summed E-state index contributed by atoms with van der Waals surface area (Å²) in [5.41, 5.74) is 2.13. The Labute approximate surface area is 131 Å². The number of halogens is 3. The van der Waals surface area contributed by atoms with Gasteiger partial charge in [-0.3, -0.25) is 0 Å². The molecule has 0 saturated heterocycles. The number of rotatable bonds is 2. The molecule has 2 aromatic carbocycles. The summed E-state index contributed by atoms with van der Waals surface area (Å²) in [6, 6.07) is 15.5. The lowest BCUT2D eigenvalue weighted by Gasteiger charge is -2.06. The highest BCUT2D eigenvalue weighted by Gasteiger charge is 2.09. The Balaban J connectivity index is 2.11. The van der Waals surface area contributed by atoms with E-state index in [-0.39, 0.29) is 5.02 Å². The van der Waals surface area contributed by atoms with Gasteiger partial charge in [0, 0.05) is 17.2 Å². The molecule has 0 spiro atoms. The highest BCUT2D eigenvalue weighted by atomic mass is 35.5. The molecule has 0 N–H and O–H groups in total. The van der Waals surface area contributed by atoms with Crippen molar-refractivity contribution in [1.82, 2.24) is 9.97 Å². The van der Waals surface area contributed by atoms with E-state index >= 15 is 0 Å². The standard InChI is InChI=1S/C16H9Cl2FN2/c17-12-8-11(6-7-13(12)19)14-9-15(18)21-16(20-14)10-4-2-1-3-5-10/h1-9H. The lowest BCUT2D eigenvalue weighted by atomic mass is 10.1. The Morgan fingerprint density at radius 2 is 1.57 bits per heavy atom. The summed E-state index contributed by atoms with van der Waals surface area (Å²) in [6.07, 6.45) is 0. The summed E-state index contributed by atoms with van der Waals surface area (Å²) < 4.78 is 13.2. The van der Waals surface area contributed by atoms with Crippen molar-refractivity contribution in [3.8, 4) is 22.6 Å². The van der Waals surface area contributed by atoms with Crippen LogP contribution in [0, 0.1) is 5.82 Å². The highest BCUT2D eigenvalue weighted by Crippen LogP contribution is 2.27. The van der Waals surface area contributed by atoms with Crippen molar-refractivity contribution >= 4 is 23.2 Å². The maximum atomic E-state index is 13.2. The van der Waals surface area contributed by atoms with Crippen molar-refractivity contribution in [2.75, 3.05) is 0 Å². The van der Waals surface area contributed by atoms with Crippen LogP contribution in [0.3, 0.4) is 0 Å². The minimum Gasteiger partial charge on any atom is -0.228 e. The molecule has 104 valence electrons. The van der Waals surface area contributed by atoms with Crippen LogP contribution in [-0.2, 0) is 0 Å². The van der Waals surface area contributed by atoms with Gasteiger partial charge in [-0.05, 0) is 18.2 Å². The van der Waals surface area contributed by atoms with Crippen LogP contribution in [0.1, 0.15) is 0 Å². The maximum absolute atomic E-state index is 13.2. The van der Waals surface area contributed by atoms with Gasteiger partial charge in [0.15, 0.2) is 5.82 Å². The van der Waals surface area contributed by atoms with Gasteiger partial charge in [0.2, 0.25) is 0 Å². The molecule has 0 fully saturated rings. The molecule has 0 saturated carbocycles. The third-order valence-corrected chi connectivity index (χ3v) is 3.43. The summed E-state index contributed by atoms with van der Waals surface area (Å²) in [5, 5.41) is 0.364. The van der Waals surface area contributed by atoms with Crippen molar-refractivity contribution < 1.29 is 4.39 Å². The number of benzene rings is 2. The van der Waals surface area contributed by atoms with Crippen LogP contribution in [0.2, 0.25) is 10.2 Å². The second-order valence-electron chi connectivity index (χ2n) is 4.39. The zero-order chi connectivity index (χ0) is 14.8. The van der Waals surface area contributed by atoms with E-state index in [2.05, 4.69) is 9.97 Å². The first-order valence-corrected chi connectivity index (χ1v) is 6.94. The molecule has 0 atom stereocenters. The second kappa shape index (κ2) is 5.80. The van der Waals surface area contributed by atoms with Crippen LogP contribution < -0.4 is 0 Å². The Hall–Kier alpha value is -1.97. The molecule has 3 rings (SSSR count). The van der Waals surface area contributed by atoms with E-state index in [1.807, 2.05) is 30.3 Å². The summed E-state index contributed by atoms with van der Waals surface area (Å²) in [6.45, 7) is 0. The maximum Gasteiger partial charge on any atom is 0.161 e. The predicted octanol–water partition coefficient (Wildman–Crippen LogP) is 5.26. The monoisotopic (exact) mass is 318 g/mol. The Kier molecular flexibility index (Phi) is 3.86. The summed E-state index contributed by atoms with van der Waals surface area (Å²) in [7, 11) is 0. The first-order chi connectivity index (χ1) is 10.1. The van der Waals surface area contributed by atoms with Crippen LogP contribution in [0.25, 0.3) is 22.6 Å². The van der Waals surface area contributed by atoms with E-state index < -0.39 is 5.82 Å². The van der Waals surface area contributed by atoms with Crippen LogP contribution in [-0.4, -0.2) is 9.97 Å². The van der Waals surface area contributed by atoms with Crippen molar-refractivity contribution in [1.29, 1.82) is 0 Å². The quantitative estimate of drug-likeness (QED) is 0.602. The number of hydrogen-bond acceptors (Lipinski definition) is 2. The van der Waals surface area contributed by atoms with Gasteiger partial charge in [-0.25, -0.2) is 14.4 Å². The van der Waals surface area contributed by atoms with E-state index in [4.69, 9.17) is 23.2 Å². The summed E-state index contributed by atoms with van der Waals surface area (Å²) >= 11 is 11.9. The number of hydrogen-bond donors (Lipinski definition) is 0. The lowest BCUT2D eigenvalue weighted by Crippen LogP contribution is -1.93. The fourth-order valence-corrected chi connectivity index (χ4v) is 2.30. The smallest absolute Gasteiger partial charge is 0.161 e. The van der Waals surface area contributed by atoms with Crippen LogP contribution >= 0.6 is 23.2 Å². The first-order valence-electron chi connectivity index (χ1n) is 6.19. The third kappa shape index (κ3) is 3.04. The van der Waals surface area contributed by atoms with E-state index in [1.54, 1.807) is 12.1 Å². The second-order valence-corrected chi connectivity index (χ2v) is 5.19. The first kappa shape index (κ1) is 14.0. The van der Waals surface area contributed by atoms with Gasteiger partial charge >= 0.3 is 0 Å². The van der Waals surface area contributed by atoms with Crippen LogP contribution in [0.15, 0.2) is 54.6 Å². The third-order valence-electron chi connectivity index (χ3n) is 2.94. The SMILES string of the molecule is Fc1ccc(-c2cc(Cl)nc(-c3ccccc3)n2)cc1Cl. The largest absolute Gasteiger partial charge is 0.228 e. The zero-order valence-electron chi connectivity index (χ0n) is 10.7. The average molecular weight is 319 g/mol. The molecule has 0 aliphatic carbocycles. The van der Waals surface area contributed by atoms with Gasteiger partial charge in [-0.15, -0.1) is 0 Å². The molecule has 3 aromatic rings. The molecule has 0 amide bonds. The number of aromatic nitrogens is 2. The normalized spacial score (nSPS) is 10.6. The molecule has 0 radical (unpaired) electrons. The fraction of sp³-hybridized carbons (Fsp3) is 0. The number of nitrogens with zero attached hydrogens (tertiary/aromatic N) is 2. The van der Waals surface area contributed by atoms with Crippen molar-refractivity contribution in [3.63, 3.8) is 0 Å². The Morgan fingerprint density at radius 1 is 0.810 bits per heavy atom. The van der Waals surface area contributed by atoms with Crippen LogP contribution in [0.4, 0.5) is 4.39 Å². The molecular weight excluding hydrogens is 310 g/mol. The summed E-state index contributed by atoms with van der Waals surface area (Å²) in [5.74, 6) is 0.0439.